The van der Waals surface area contributed by atoms with Crippen molar-refractivity contribution in [3.05, 3.63) is 27.7 Å². The molecule has 0 bridgehead atoms. The predicted octanol–water partition coefficient (Wildman–Crippen LogP) is 3.74. The Morgan fingerprint density at radius 1 is 1.44 bits per heavy atom. The standard InChI is InChI=1S/C13H20BrNO/c1-4-5-10(3)15-8-11-7-12(14)6-9(2)13(11)16/h6-7,10,15-16H,4-5,8H2,1-3H3. The summed E-state index contributed by atoms with van der Waals surface area (Å²) >= 11 is 3.45. The molecule has 2 nitrogen and oxygen atoms in total. The van der Waals surface area contributed by atoms with Crippen LogP contribution in [0.15, 0.2) is 16.6 Å². The van der Waals surface area contributed by atoms with Crippen LogP contribution < -0.4 is 5.32 Å². The Labute approximate surface area is 106 Å². The highest BCUT2D eigenvalue weighted by atomic mass is 79.9. The molecular formula is C13H20BrNO. The van der Waals surface area contributed by atoms with Crippen LogP contribution in [-0.2, 0) is 6.54 Å². The molecule has 1 unspecified atom stereocenters. The van der Waals surface area contributed by atoms with E-state index in [1.807, 2.05) is 19.1 Å². The van der Waals surface area contributed by atoms with Crippen molar-refractivity contribution in [2.24, 2.45) is 0 Å². The third kappa shape index (κ3) is 3.80. The van der Waals surface area contributed by atoms with Crippen LogP contribution in [0.25, 0.3) is 0 Å². The number of hydrogen-bond acceptors (Lipinski definition) is 2. The molecule has 0 saturated heterocycles. The van der Waals surface area contributed by atoms with Gasteiger partial charge in [0.2, 0.25) is 0 Å². The van der Waals surface area contributed by atoms with Gasteiger partial charge in [-0.1, -0.05) is 29.3 Å². The summed E-state index contributed by atoms with van der Waals surface area (Å²) in [6.45, 7) is 6.98. The first-order chi connectivity index (χ1) is 7.54. The molecule has 0 aliphatic rings. The van der Waals surface area contributed by atoms with Gasteiger partial charge in [-0.15, -0.1) is 0 Å². The van der Waals surface area contributed by atoms with Gasteiger partial charge in [0.25, 0.3) is 0 Å². The first-order valence-corrected chi connectivity index (χ1v) is 6.55. The zero-order valence-corrected chi connectivity index (χ0v) is 11.8. The number of halogens is 1. The van der Waals surface area contributed by atoms with Gasteiger partial charge in [0.15, 0.2) is 0 Å². The Balaban J connectivity index is 2.66. The first-order valence-electron chi connectivity index (χ1n) is 5.76. The highest BCUT2D eigenvalue weighted by Gasteiger charge is 2.07. The first kappa shape index (κ1) is 13.5. The van der Waals surface area contributed by atoms with Crippen LogP contribution in [0, 0.1) is 6.92 Å². The Bertz CT molecular complexity index is 352. The lowest BCUT2D eigenvalue weighted by molar-refractivity contribution is 0.450. The van der Waals surface area contributed by atoms with Gasteiger partial charge in [-0.25, -0.2) is 0 Å². The lowest BCUT2D eigenvalue weighted by Crippen LogP contribution is -2.25. The van der Waals surface area contributed by atoms with Crippen molar-refractivity contribution in [1.82, 2.24) is 5.32 Å². The third-order valence-electron chi connectivity index (χ3n) is 2.71. The van der Waals surface area contributed by atoms with Crippen LogP contribution in [0.5, 0.6) is 5.75 Å². The molecule has 3 heteroatoms. The Morgan fingerprint density at radius 3 is 2.75 bits per heavy atom. The maximum absolute atomic E-state index is 9.90. The van der Waals surface area contributed by atoms with E-state index in [9.17, 15) is 5.11 Å². The van der Waals surface area contributed by atoms with Gasteiger partial charge in [-0.05, 0) is 38.0 Å². The molecule has 0 aliphatic heterocycles. The molecule has 0 radical (unpaired) electrons. The largest absolute Gasteiger partial charge is 0.507 e. The summed E-state index contributed by atoms with van der Waals surface area (Å²) in [5, 5.41) is 13.3. The second-order valence-electron chi connectivity index (χ2n) is 4.30. The number of phenolic OH excluding ortho intramolecular Hbond substituents is 1. The molecule has 0 spiro atoms. The average Bonchev–Trinajstić information content (AvgIpc) is 2.21. The Kier molecular flexibility index (Phi) is 5.29. The van der Waals surface area contributed by atoms with Crippen LogP contribution in [0.2, 0.25) is 0 Å². The number of nitrogens with one attached hydrogen (secondary N) is 1. The topological polar surface area (TPSA) is 32.3 Å². The molecule has 0 fully saturated rings. The van der Waals surface area contributed by atoms with E-state index in [0.29, 0.717) is 18.3 Å². The number of aromatic hydroxyl groups is 1. The number of aryl methyl sites for hydroxylation is 1. The van der Waals surface area contributed by atoms with Crippen molar-refractivity contribution in [1.29, 1.82) is 0 Å². The fraction of sp³-hybridized carbons (Fsp3) is 0.538. The SMILES string of the molecule is CCCC(C)NCc1cc(Br)cc(C)c1O. The number of hydrogen-bond donors (Lipinski definition) is 2. The third-order valence-corrected chi connectivity index (χ3v) is 3.16. The Morgan fingerprint density at radius 2 is 2.12 bits per heavy atom. The molecule has 2 N–H and O–H groups in total. The number of rotatable bonds is 5. The lowest BCUT2D eigenvalue weighted by atomic mass is 10.1. The molecule has 1 aromatic rings. The summed E-state index contributed by atoms with van der Waals surface area (Å²) in [5.74, 6) is 0.402. The lowest BCUT2D eigenvalue weighted by Gasteiger charge is -2.14. The molecule has 16 heavy (non-hydrogen) atoms. The minimum absolute atomic E-state index is 0.402. The molecule has 1 aromatic carbocycles. The van der Waals surface area contributed by atoms with E-state index in [1.165, 1.54) is 6.42 Å². The van der Waals surface area contributed by atoms with E-state index < -0.39 is 0 Å². The number of phenols is 1. The van der Waals surface area contributed by atoms with E-state index >= 15 is 0 Å². The smallest absolute Gasteiger partial charge is 0.123 e. The minimum atomic E-state index is 0.402. The molecule has 0 amide bonds. The summed E-state index contributed by atoms with van der Waals surface area (Å²) in [6.07, 6.45) is 2.34. The maximum atomic E-state index is 9.90. The zero-order chi connectivity index (χ0) is 12.1. The molecule has 1 rings (SSSR count). The van der Waals surface area contributed by atoms with Gasteiger partial charge in [0.05, 0.1) is 0 Å². The molecule has 0 aliphatic carbocycles. The van der Waals surface area contributed by atoms with Gasteiger partial charge >= 0.3 is 0 Å². The summed E-state index contributed by atoms with van der Waals surface area (Å²) in [5.41, 5.74) is 1.86. The zero-order valence-electron chi connectivity index (χ0n) is 10.2. The van der Waals surface area contributed by atoms with Gasteiger partial charge in [0, 0.05) is 22.6 Å². The second-order valence-corrected chi connectivity index (χ2v) is 5.22. The highest BCUT2D eigenvalue weighted by molar-refractivity contribution is 9.10. The van der Waals surface area contributed by atoms with Crippen LogP contribution in [-0.4, -0.2) is 11.1 Å². The van der Waals surface area contributed by atoms with E-state index in [-0.39, 0.29) is 0 Å². The van der Waals surface area contributed by atoms with E-state index in [0.717, 1.165) is 22.0 Å². The monoisotopic (exact) mass is 285 g/mol. The maximum Gasteiger partial charge on any atom is 0.123 e. The fourth-order valence-electron chi connectivity index (χ4n) is 1.76. The molecule has 0 aromatic heterocycles. The summed E-state index contributed by atoms with van der Waals surface area (Å²) in [4.78, 5) is 0. The van der Waals surface area contributed by atoms with Crippen molar-refractivity contribution >= 4 is 15.9 Å². The van der Waals surface area contributed by atoms with Crippen molar-refractivity contribution in [2.75, 3.05) is 0 Å². The van der Waals surface area contributed by atoms with Crippen molar-refractivity contribution in [3.8, 4) is 5.75 Å². The number of benzene rings is 1. The van der Waals surface area contributed by atoms with Crippen LogP contribution >= 0.6 is 15.9 Å². The van der Waals surface area contributed by atoms with Gasteiger partial charge in [0.1, 0.15) is 5.75 Å². The van der Waals surface area contributed by atoms with Crippen LogP contribution in [0.3, 0.4) is 0 Å². The van der Waals surface area contributed by atoms with Crippen LogP contribution in [0.4, 0.5) is 0 Å². The normalized spacial score (nSPS) is 12.8. The fourth-order valence-corrected chi connectivity index (χ4v) is 2.38. The average molecular weight is 286 g/mol. The predicted molar refractivity (Wildman–Crippen MR) is 71.8 cm³/mol. The highest BCUT2D eigenvalue weighted by Crippen LogP contribution is 2.26. The Hall–Kier alpha value is -0.540. The summed E-state index contributed by atoms with van der Waals surface area (Å²) in [7, 11) is 0. The van der Waals surface area contributed by atoms with Gasteiger partial charge < -0.3 is 10.4 Å². The van der Waals surface area contributed by atoms with E-state index in [2.05, 4.69) is 35.1 Å². The molecule has 0 heterocycles. The molecule has 1 atom stereocenters. The van der Waals surface area contributed by atoms with Crippen molar-refractivity contribution in [3.63, 3.8) is 0 Å². The van der Waals surface area contributed by atoms with E-state index in [4.69, 9.17) is 0 Å². The summed E-state index contributed by atoms with van der Waals surface area (Å²) < 4.78 is 1.02. The quantitative estimate of drug-likeness (QED) is 0.864. The van der Waals surface area contributed by atoms with Gasteiger partial charge in [-0.3, -0.25) is 0 Å². The molecular weight excluding hydrogens is 266 g/mol. The van der Waals surface area contributed by atoms with Crippen molar-refractivity contribution < 1.29 is 5.11 Å². The molecule has 0 saturated carbocycles. The molecule has 90 valence electrons. The second kappa shape index (κ2) is 6.26. The van der Waals surface area contributed by atoms with E-state index in [1.54, 1.807) is 0 Å². The minimum Gasteiger partial charge on any atom is -0.507 e. The summed E-state index contributed by atoms with van der Waals surface area (Å²) in [6, 6.07) is 4.38. The van der Waals surface area contributed by atoms with Crippen molar-refractivity contribution in [2.45, 2.75) is 46.2 Å². The van der Waals surface area contributed by atoms with Crippen LogP contribution in [0.1, 0.15) is 37.8 Å². The van der Waals surface area contributed by atoms with Gasteiger partial charge in [-0.2, -0.15) is 0 Å².